The first kappa shape index (κ1) is 12.5. The Bertz CT molecular complexity index is 752. The summed E-state index contributed by atoms with van der Waals surface area (Å²) in [5.74, 6) is 1.33. The van der Waals surface area contributed by atoms with E-state index in [4.69, 9.17) is 4.74 Å². The van der Waals surface area contributed by atoms with Crippen LogP contribution in [0.5, 0.6) is 11.5 Å². The first-order valence-electron chi connectivity index (χ1n) is 6.43. The van der Waals surface area contributed by atoms with Crippen LogP contribution in [0.3, 0.4) is 0 Å². The average Bonchev–Trinajstić information content (AvgIpc) is 2.82. The highest BCUT2D eigenvalue weighted by Gasteiger charge is 2.09. The van der Waals surface area contributed by atoms with Crippen molar-refractivity contribution in [2.45, 2.75) is 13.8 Å². The number of nitrogens with zero attached hydrogens (tertiary/aromatic N) is 1. The van der Waals surface area contributed by atoms with Crippen molar-refractivity contribution in [1.82, 2.24) is 9.97 Å². The molecule has 20 heavy (non-hydrogen) atoms. The van der Waals surface area contributed by atoms with Crippen LogP contribution < -0.4 is 4.74 Å². The topological polar surface area (TPSA) is 58.1 Å². The number of aromatic amines is 1. The number of rotatable bonds is 2. The van der Waals surface area contributed by atoms with Gasteiger partial charge in [0.05, 0.1) is 18.1 Å². The van der Waals surface area contributed by atoms with Crippen LogP contribution in [0.4, 0.5) is 0 Å². The molecule has 0 aliphatic rings. The average molecular weight is 268 g/mol. The van der Waals surface area contributed by atoms with Gasteiger partial charge in [0.25, 0.3) is 0 Å². The maximum atomic E-state index is 9.64. The second-order valence-electron chi connectivity index (χ2n) is 4.93. The van der Waals surface area contributed by atoms with Crippen LogP contribution in [-0.4, -0.2) is 22.2 Å². The minimum Gasteiger partial charge on any atom is -0.504 e. The van der Waals surface area contributed by atoms with E-state index >= 15 is 0 Å². The monoisotopic (exact) mass is 268 g/mol. The minimum absolute atomic E-state index is 0.124. The molecule has 3 rings (SSSR count). The molecular formula is C16H16N2O2. The second kappa shape index (κ2) is 4.56. The molecule has 0 aliphatic heterocycles. The molecule has 0 amide bonds. The van der Waals surface area contributed by atoms with Gasteiger partial charge in [-0.05, 0) is 55.3 Å². The summed E-state index contributed by atoms with van der Waals surface area (Å²) in [7, 11) is 1.53. The third-order valence-electron chi connectivity index (χ3n) is 3.55. The van der Waals surface area contributed by atoms with Crippen LogP contribution in [0, 0.1) is 13.8 Å². The Hall–Kier alpha value is -2.49. The number of aromatic nitrogens is 2. The highest BCUT2D eigenvalue weighted by atomic mass is 16.5. The smallest absolute Gasteiger partial charge is 0.161 e. The summed E-state index contributed by atoms with van der Waals surface area (Å²) in [4.78, 5) is 7.90. The van der Waals surface area contributed by atoms with Crippen molar-refractivity contribution in [3.05, 3.63) is 41.5 Å². The minimum atomic E-state index is 0.124. The number of phenolic OH excluding ortho intramolecular Hbond substituents is 1. The molecule has 0 saturated carbocycles. The number of imidazole rings is 1. The third kappa shape index (κ3) is 1.99. The van der Waals surface area contributed by atoms with E-state index in [0.717, 1.165) is 22.4 Å². The number of H-pyrrole nitrogens is 1. The van der Waals surface area contributed by atoms with E-state index in [2.05, 4.69) is 35.9 Å². The van der Waals surface area contributed by atoms with Gasteiger partial charge in [-0.1, -0.05) is 0 Å². The van der Waals surface area contributed by atoms with Gasteiger partial charge >= 0.3 is 0 Å². The Morgan fingerprint density at radius 1 is 1.10 bits per heavy atom. The summed E-state index contributed by atoms with van der Waals surface area (Å²) in [5, 5.41) is 9.64. The lowest BCUT2D eigenvalue weighted by Gasteiger charge is -2.04. The number of ether oxygens (including phenoxy) is 1. The molecule has 2 aromatic carbocycles. The molecule has 0 aliphatic carbocycles. The first-order chi connectivity index (χ1) is 9.58. The van der Waals surface area contributed by atoms with Crippen molar-refractivity contribution < 1.29 is 9.84 Å². The molecule has 0 saturated heterocycles. The number of nitrogens with one attached hydrogen (secondary N) is 1. The van der Waals surface area contributed by atoms with E-state index in [-0.39, 0.29) is 5.75 Å². The van der Waals surface area contributed by atoms with Gasteiger partial charge in [0, 0.05) is 5.56 Å². The molecule has 0 spiro atoms. The van der Waals surface area contributed by atoms with E-state index in [1.807, 2.05) is 6.07 Å². The van der Waals surface area contributed by atoms with E-state index in [1.54, 1.807) is 12.1 Å². The fourth-order valence-electron chi connectivity index (χ4n) is 2.23. The molecule has 102 valence electrons. The number of aryl methyl sites for hydroxylation is 2. The van der Waals surface area contributed by atoms with Crippen molar-refractivity contribution in [2.75, 3.05) is 7.11 Å². The van der Waals surface area contributed by atoms with Crippen LogP contribution in [0.2, 0.25) is 0 Å². The number of fused-ring (bicyclic) bond motifs is 1. The van der Waals surface area contributed by atoms with Crippen molar-refractivity contribution in [2.24, 2.45) is 0 Å². The van der Waals surface area contributed by atoms with Crippen molar-refractivity contribution in [3.8, 4) is 22.9 Å². The zero-order chi connectivity index (χ0) is 14.3. The lowest BCUT2D eigenvalue weighted by atomic mass is 10.1. The quantitative estimate of drug-likeness (QED) is 0.747. The molecule has 3 aromatic rings. The number of aromatic hydroxyl groups is 1. The van der Waals surface area contributed by atoms with Crippen LogP contribution >= 0.6 is 0 Å². The Balaban J connectivity index is 2.14. The maximum Gasteiger partial charge on any atom is 0.161 e. The summed E-state index contributed by atoms with van der Waals surface area (Å²) in [6.45, 7) is 4.16. The van der Waals surface area contributed by atoms with E-state index in [9.17, 15) is 5.11 Å². The van der Waals surface area contributed by atoms with E-state index in [1.165, 1.54) is 18.2 Å². The highest BCUT2D eigenvalue weighted by Crippen LogP contribution is 2.31. The molecule has 0 radical (unpaired) electrons. The van der Waals surface area contributed by atoms with E-state index < -0.39 is 0 Å². The second-order valence-corrected chi connectivity index (χ2v) is 4.93. The molecule has 0 bridgehead atoms. The van der Waals surface area contributed by atoms with Gasteiger partial charge in [-0.15, -0.1) is 0 Å². The molecule has 1 aromatic heterocycles. The molecule has 0 fully saturated rings. The van der Waals surface area contributed by atoms with Crippen molar-refractivity contribution >= 4 is 11.0 Å². The van der Waals surface area contributed by atoms with Gasteiger partial charge < -0.3 is 14.8 Å². The van der Waals surface area contributed by atoms with Crippen LogP contribution in [0.1, 0.15) is 11.1 Å². The Morgan fingerprint density at radius 3 is 2.60 bits per heavy atom. The van der Waals surface area contributed by atoms with Crippen LogP contribution in [0.25, 0.3) is 22.4 Å². The van der Waals surface area contributed by atoms with Gasteiger partial charge in [-0.3, -0.25) is 0 Å². The van der Waals surface area contributed by atoms with Gasteiger partial charge in [0.2, 0.25) is 0 Å². The van der Waals surface area contributed by atoms with Crippen LogP contribution in [0.15, 0.2) is 30.3 Å². The zero-order valence-electron chi connectivity index (χ0n) is 11.7. The lowest BCUT2D eigenvalue weighted by Crippen LogP contribution is -1.86. The number of phenols is 1. The normalized spacial score (nSPS) is 10.9. The number of methoxy groups -OCH3 is 1. The fourth-order valence-corrected chi connectivity index (χ4v) is 2.23. The summed E-state index contributed by atoms with van der Waals surface area (Å²) >= 11 is 0. The SMILES string of the molecule is COc1cc(-c2nc3cc(C)c(C)cc3[nH]2)ccc1O. The lowest BCUT2D eigenvalue weighted by molar-refractivity contribution is 0.373. The molecule has 0 atom stereocenters. The maximum absolute atomic E-state index is 9.64. The summed E-state index contributed by atoms with van der Waals surface area (Å²) in [6.07, 6.45) is 0. The number of benzene rings is 2. The summed E-state index contributed by atoms with van der Waals surface area (Å²) < 4.78 is 5.13. The standard InChI is InChI=1S/C16H16N2O2/c1-9-6-12-13(7-10(9)2)18-16(17-12)11-4-5-14(19)15(8-11)20-3/h4-8,19H,1-3H3,(H,17,18). The number of hydrogen-bond donors (Lipinski definition) is 2. The van der Waals surface area contributed by atoms with Gasteiger partial charge in [-0.2, -0.15) is 0 Å². The molecular weight excluding hydrogens is 252 g/mol. The summed E-state index contributed by atoms with van der Waals surface area (Å²) in [5.41, 5.74) is 5.28. The highest BCUT2D eigenvalue weighted by molar-refractivity contribution is 5.81. The fraction of sp³-hybridized carbons (Fsp3) is 0.188. The molecule has 4 heteroatoms. The zero-order valence-corrected chi connectivity index (χ0v) is 11.7. The van der Waals surface area contributed by atoms with Gasteiger partial charge in [0.15, 0.2) is 11.5 Å². The van der Waals surface area contributed by atoms with Gasteiger partial charge in [0.1, 0.15) is 5.82 Å². The number of hydrogen-bond acceptors (Lipinski definition) is 3. The Kier molecular flexibility index (Phi) is 2.86. The van der Waals surface area contributed by atoms with Crippen molar-refractivity contribution in [3.63, 3.8) is 0 Å². The molecule has 1 heterocycles. The Labute approximate surface area is 117 Å². The Morgan fingerprint density at radius 2 is 1.85 bits per heavy atom. The largest absolute Gasteiger partial charge is 0.504 e. The predicted molar refractivity (Wildman–Crippen MR) is 79.2 cm³/mol. The van der Waals surface area contributed by atoms with Crippen molar-refractivity contribution in [1.29, 1.82) is 0 Å². The van der Waals surface area contributed by atoms with E-state index in [0.29, 0.717) is 5.75 Å². The van der Waals surface area contributed by atoms with Gasteiger partial charge in [-0.25, -0.2) is 4.98 Å². The van der Waals surface area contributed by atoms with Crippen LogP contribution in [-0.2, 0) is 0 Å². The molecule has 4 nitrogen and oxygen atoms in total. The first-order valence-corrected chi connectivity index (χ1v) is 6.43. The predicted octanol–water partition coefficient (Wildman–Crippen LogP) is 3.56. The third-order valence-corrected chi connectivity index (χ3v) is 3.55. The molecule has 0 unspecified atom stereocenters. The molecule has 2 N–H and O–H groups in total. The summed E-state index contributed by atoms with van der Waals surface area (Å²) in [6, 6.07) is 9.36.